The molecule has 0 aliphatic heterocycles. The lowest BCUT2D eigenvalue weighted by atomic mass is 9.83. The summed E-state index contributed by atoms with van der Waals surface area (Å²) in [4.78, 5) is 38.2. The fraction of sp³-hybridized carbons (Fsp3) is 0. The summed E-state index contributed by atoms with van der Waals surface area (Å²) in [5.74, 6) is -0.826. The molecule has 0 aromatic heterocycles. The molecule has 0 fully saturated rings. The molecular weight excluding hydrogens is 394 g/mol. The van der Waals surface area contributed by atoms with Crippen molar-refractivity contribution in [3.63, 3.8) is 0 Å². The van der Waals surface area contributed by atoms with E-state index in [4.69, 9.17) is 0 Å². The van der Waals surface area contributed by atoms with Crippen LogP contribution >= 0.6 is 15.9 Å². The third-order valence-corrected chi connectivity index (χ3v) is 4.78. The molecule has 0 radical (unpaired) electrons. The minimum atomic E-state index is -0.348. The van der Waals surface area contributed by atoms with Gasteiger partial charge in [-0.05, 0) is 24.3 Å². The van der Waals surface area contributed by atoms with Gasteiger partial charge >= 0.3 is 0 Å². The number of carbonyl (C=O) groups is 3. The van der Waals surface area contributed by atoms with E-state index in [-0.39, 0.29) is 23.0 Å². The molecule has 0 saturated heterocycles. The van der Waals surface area contributed by atoms with Gasteiger partial charge in [-0.3, -0.25) is 14.4 Å². The maximum absolute atomic E-state index is 12.9. The Kier molecular flexibility index (Phi) is 4.01. The van der Waals surface area contributed by atoms with Gasteiger partial charge in [-0.1, -0.05) is 58.4 Å². The van der Waals surface area contributed by atoms with E-state index in [9.17, 15) is 14.4 Å². The fourth-order valence-corrected chi connectivity index (χ4v) is 3.47. The molecule has 0 saturated carbocycles. The lowest BCUT2D eigenvalue weighted by molar-refractivity contribution is 0.0978. The molecule has 1 aliphatic carbocycles. The van der Waals surface area contributed by atoms with Gasteiger partial charge in [0.25, 0.3) is 5.91 Å². The Bertz CT molecular complexity index is 1090. The van der Waals surface area contributed by atoms with Gasteiger partial charge in [0.05, 0.1) is 11.3 Å². The summed E-state index contributed by atoms with van der Waals surface area (Å²) in [6.07, 6.45) is 0. The molecule has 126 valence electrons. The van der Waals surface area contributed by atoms with Crippen LogP contribution < -0.4 is 5.32 Å². The van der Waals surface area contributed by atoms with Gasteiger partial charge in [0.2, 0.25) is 0 Å². The summed E-state index contributed by atoms with van der Waals surface area (Å²) in [6, 6.07) is 18.6. The van der Waals surface area contributed by atoms with E-state index in [0.717, 1.165) is 4.47 Å². The van der Waals surface area contributed by atoms with Crippen LogP contribution in [0.3, 0.4) is 0 Å². The minimum absolute atomic E-state index is 0.214. The predicted molar refractivity (Wildman–Crippen MR) is 102 cm³/mol. The first-order valence-corrected chi connectivity index (χ1v) is 8.74. The molecule has 1 amide bonds. The smallest absolute Gasteiger partial charge is 0.255 e. The number of anilines is 1. The van der Waals surface area contributed by atoms with Crippen molar-refractivity contribution in [1.82, 2.24) is 0 Å². The number of fused-ring (bicyclic) bond motifs is 2. The highest BCUT2D eigenvalue weighted by atomic mass is 79.9. The number of benzene rings is 3. The van der Waals surface area contributed by atoms with E-state index in [1.165, 1.54) is 0 Å². The maximum atomic E-state index is 12.9. The maximum Gasteiger partial charge on any atom is 0.255 e. The number of amides is 1. The second-order valence-electron chi connectivity index (χ2n) is 5.90. The summed E-state index contributed by atoms with van der Waals surface area (Å²) < 4.78 is 0.778. The average Bonchev–Trinajstić information content (AvgIpc) is 2.66. The van der Waals surface area contributed by atoms with Crippen LogP contribution in [0.15, 0.2) is 71.2 Å². The Hall–Kier alpha value is -3.05. The highest BCUT2D eigenvalue weighted by Crippen LogP contribution is 2.32. The quantitative estimate of drug-likeness (QED) is 0.534. The second kappa shape index (κ2) is 6.35. The molecule has 0 bridgehead atoms. The van der Waals surface area contributed by atoms with Crippen molar-refractivity contribution < 1.29 is 14.4 Å². The highest BCUT2D eigenvalue weighted by molar-refractivity contribution is 9.10. The van der Waals surface area contributed by atoms with Crippen LogP contribution in [-0.4, -0.2) is 17.5 Å². The summed E-state index contributed by atoms with van der Waals surface area (Å²) in [6.45, 7) is 0. The number of hydrogen-bond donors (Lipinski definition) is 1. The van der Waals surface area contributed by atoms with Crippen molar-refractivity contribution in [2.24, 2.45) is 0 Å². The third-order valence-electron chi connectivity index (χ3n) is 4.29. The molecule has 4 nitrogen and oxygen atoms in total. The molecule has 0 spiro atoms. The molecule has 3 aromatic carbocycles. The lowest BCUT2D eigenvalue weighted by Crippen LogP contribution is -2.23. The van der Waals surface area contributed by atoms with E-state index >= 15 is 0 Å². The van der Waals surface area contributed by atoms with Crippen molar-refractivity contribution in [1.29, 1.82) is 0 Å². The molecular formula is C21H12BrNO3. The Balaban J connectivity index is 1.78. The normalized spacial score (nSPS) is 12.3. The third kappa shape index (κ3) is 2.66. The van der Waals surface area contributed by atoms with E-state index in [2.05, 4.69) is 21.2 Å². The Morgan fingerprint density at radius 2 is 1.42 bits per heavy atom. The summed E-state index contributed by atoms with van der Waals surface area (Å²) in [5, 5.41) is 2.76. The molecule has 0 atom stereocenters. The number of rotatable bonds is 2. The van der Waals surface area contributed by atoms with Crippen LogP contribution in [-0.2, 0) is 0 Å². The van der Waals surface area contributed by atoms with Crippen LogP contribution in [0.2, 0.25) is 0 Å². The van der Waals surface area contributed by atoms with Crippen molar-refractivity contribution in [3.05, 3.63) is 99.0 Å². The first-order valence-electron chi connectivity index (χ1n) is 7.94. The zero-order valence-electron chi connectivity index (χ0n) is 13.5. The zero-order valence-corrected chi connectivity index (χ0v) is 15.0. The molecule has 26 heavy (non-hydrogen) atoms. The van der Waals surface area contributed by atoms with Gasteiger partial charge in [-0.15, -0.1) is 0 Å². The number of carbonyl (C=O) groups excluding carboxylic acids is 3. The van der Waals surface area contributed by atoms with Crippen molar-refractivity contribution in [3.8, 4) is 0 Å². The summed E-state index contributed by atoms with van der Waals surface area (Å²) >= 11 is 3.33. The van der Waals surface area contributed by atoms with E-state index in [0.29, 0.717) is 27.9 Å². The topological polar surface area (TPSA) is 63.2 Å². The summed E-state index contributed by atoms with van der Waals surface area (Å²) in [5.41, 5.74) is 2.07. The highest BCUT2D eigenvalue weighted by Gasteiger charge is 2.31. The van der Waals surface area contributed by atoms with E-state index in [1.807, 2.05) is 6.07 Å². The standard InChI is InChI=1S/C21H12BrNO3/c22-13-6-3-5-12(11-13)21(26)23-17-10-4-9-16-18(17)20(25)15-8-2-1-7-14(15)19(16)24/h1-11H,(H,23,26). The van der Waals surface area contributed by atoms with Crippen LogP contribution in [0.4, 0.5) is 5.69 Å². The van der Waals surface area contributed by atoms with Gasteiger partial charge in [0.1, 0.15) is 0 Å². The molecule has 0 unspecified atom stereocenters. The molecule has 1 aliphatic rings. The largest absolute Gasteiger partial charge is 0.321 e. The summed E-state index contributed by atoms with van der Waals surface area (Å²) in [7, 11) is 0. The van der Waals surface area contributed by atoms with Gasteiger partial charge < -0.3 is 5.32 Å². The second-order valence-corrected chi connectivity index (χ2v) is 6.81. The van der Waals surface area contributed by atoms with Gasteiger partial charge in [-0.2, -0.15) is 0 Å². The molecule has 4 rings (SSSR count). The molecule has 5 heteroatoms. The number of hydrogen-bond acceptors (Lipinski definition) is 3. The van der Waals surface area contributed by atoms with Crippen molar-refractivity contribution in [2.75, 3.05) is 5.32 Å². The first-order chi connectivity index (χ1) is 12.6. The minimum Gasteiger partial charge on any atom is -0.321 e. The monoisotopic (exact) mass is 405 g/mol. The van der Waals surface area contributed by atoms with Gasteiger partial charge in [0, 0.05) is 26.7 Å². The van der Waals surface area contributed by atoms with Crippen LogP contribution in [0.25, 0.3) is 0 Å². The van der Waals surface area contributed by atoms with Crippen LogP contribution in [0, 0.1) is 0 Å². The Labute approximate surface area is 158 Å². The predicted octanol–water partition coefficient (Wildman–Crippen LogP) is 4.48. The SMILES string of the molecule is O=C(Nc1cccc2c1C(=O)c1ccccc1C2=O)c1cccc(Br)c1. The van der Waals surface area contributed by atoms with E-state index < -0.39 is 0 Å². The first kappa shape index (κ1) is 16.4. The van der Waals surface area contributed by atoms with Gasteiger partial charge in [0.15, 0.2) is 11.6 Å². The number of ketones is 2. The Morgan fingerprint density at radius 1 is 0.769 bits per heavy atom. The molecule has 0 heterocycles. The zero-order chi connectivity index (χ0) is 18.3. The number of nitrogens with one attached hydrogen (secondary N) is 1. The fourth-order valence-electron chi connectivity index (χ4n) is 3.07. The van der Waals surface area contributed by atoms with Gasteiger partial charge in [-0.25, -0.2) is 0 Å². The van der Waals surface area contributed by atoms with Crippen molar-refractivity contribution in [2.45, 2.75) is 0 Å². The average molecular weight is 406 g/mol. The number of halogens is 1. The van der Waals surface area contributed by atoms with Crippen LogP contribution in [0.1, 0.15) is 42.2 Å². The van der Waals surface area contributed by atoms with Crippen molar-refractivity contribution >= 4 is 39.1 Å². The molecule has 3 aromatic rings. The van der Waals surface area contributed by atoms with Crippen LogP contribution in [0.5, 0.6) is 0 Å². The lowest BCUT2D eigenvalue weighted by Gasteiger charge is -2.20. The van der Waals surface area contributed by atoms with E-state index in [1.54, 1.807) is 60.7 Å². The Morgan fingerprint density at radius 3 is 2.15 bits per heavy atom. The molecule has 1 N–H and O–H groups in total.